The average Bonchev–Trinajstić information content (AvgIpc) is 2.41. The van der Waals surface area contributed by atoms with Crippen LogP contribution in [0.5, 0.6) is 0 Å². The standard InChI is InChI=1S/C12H26.C3H10O2Si/c1-3-5-7-9-11-12-10-8-6-4-2;1-4-6(3)5-2/h3-12H2,1-2H3;6H,1-3H3. The SMILES string of the molecule is CCCCCCCCCCCC.CO[SiH](C)OC. The summed E-state index contributed by atoms with van der Waals surface area (Å²) in [6.07, 6.45) is 14.4. The Balaban J connectivity index is 0. The molecular weight excluding hydrogens is 240 g/mol. The first-order valence-corrected chi connectivity index (χ1v) is 9.88. The zero-order chi connectivity index (χ0) is 14.1. The summed E-state index contributed by atoms with van der Waals surface area (Å²) in [7, 11) is 2.17. The first-order valence-electron chi connectivity index (χ1n) is 7.78. The van der Waals surface area contributed by atoms with Crippen LogP contribution in [0.15, 0.2) is 0 Å². The van der Waals surface area contributed by atoms with Gasteiger partial charge in [0, 0.05) is 14.2 Å². The van der Waals surface area contributed by atoms with Crippen molar-refractivity contribution >= 4 is 9.28 Å². The van der Waals surface area contributed by atoms with E-state index in [1.807, 2.05) is 6.55 Å². The van der Waals surface area contributed by atoms with E-state index < -0.39 is 9.28 Å². The van der Waals surface area contributed by atoms with E-state index in [1.165, 1.54) is 64.2 Å². The fourth-order valence-corrected chi connectivity index (χ4v) is 1.85. The molecule has 0 fully saturated rings. The largest absolute Gasteiger partial charge is 0.400 e. The molecule has 0 aromatic heterocycles. The lowest BCUT2D eigenvalue weighted by atomic mass is 10.1. The van der Waals surface area contributed by atoms with Gasteiger partial charge in [0.2, 0.25) is 0 Å². The van der Waals surface area contributed by atoms with Gasteiger partial charge in [0.15, 0.2) is 0 Å². The molecule has 0 aromatic rings. The Hall–Kier alpha value is 0.137. The van der Waals surface area contributed by atoms with E-state index in [0.29, 0.717) is 0 Å². The normalized spacial score (nSPS) is 10.3. The molecule has 0 aromatic carbocycles. The van der Waals surface area contributed by atoms with Gasteiger partial charge < -0.3 is 8.85 Å². The highest BCUT2D eigenvalue weighted by Crippen LogP contribution is 2.09. The molecule has 0 N–H and O–H groups in total. The second-order valence-corrected chi connectivity index (χ2v) is 6.95. The number of hydrogen-bond acceptors (Lipinski definition) is 2. The predicted octanol–water partition coefficient (Wildman–Crippen LogP) is 5.06. The Morgan fingerprint density at radius 3 is 1.06 bits per heavy atom. The minimum absolute atomic E-state index is 1.16. The zero-order valence-corrected chi connectivity index (χ0v) is 14.6. The summed E-state index contributed by atoms with van der Waals surface area (Å²) < 4.78 is 9.63. The highest BCUT2D eigenvalue weighted by molar-refractivity contribution is 6.42. The maximum atomic E-state index is 4.82. The first-order chi connectivity index (χ1) is 8.72. The lowest BCUT2D eigenvalue weighted by Crippen LogP contribution is -2.12. The van der Waals surface area contributed by atoms with E-state index in [0.717, 1.165) is 0 Å². The van der Waals surface area contributed by atoms with Crippen LogP contribution in [0.25, 0.3) is 0 Å². The topological polar surface area (TPSA) is 18.5 Å². The molecule has 0 rings (SSSR count). The Kier molecular flexibility index (Phi) is 22.1. The van der Waals surface area contributed by atoms with Crippen LogP contribution in [0, 0.1) is 0 Å². The Morgan fingerprint density at radius 1 is 0.611 bits per heavy atom. The molecule has 0 unspecified atom stereocenters. The summed E-state index contributed by atoms with van der Waals surface area (Å²) >= 11 is 0. The van der Waals surface area contributed by atoms with E-state index in [1.54, 1.807) is 14.2 Å². The van der Waals surface area contributed by atoms with E-state index in [-0.39, 0.29) is 0 Å². The lowest BCUT2D eigenvalue weighted by Gasteiger charge is -2.00. The monoisotopic (exact) mass is 276 g/mol. The van der Waals surface area contributed by atoms with Crippen LogP contribution in [-0.2, 0) is 8.85 Å². The van der Waals surface area contributed by atoms with Crippen LogP contribution in [0.2, 0.25) is 6.55 Å². The van der Waals surface area contributed by atoms with Gasteiger partial charge in [-0.05, 0) is 6.55 Å². The van der Waals surface area contributed by atoms with Gasteiger partial charge in [-0.15, -0.1) is 0 Å². The van der Waals surface area contributed by atoms with E-state index in [2.05, 4.69) is 13.8 Å². The van der Waals surface area contributed by atoms with E-state index >= 15 is 0 Å². The third-order valence-corrected chi connectivity index (χ3v) is 4.45. The first kappa shape index (κ1) is 20.5. The maximum Gasteiger partial charge on any atom is 0.317 e. The fourth-order valence-electron chi connectivity index (χ4n) is 1.66. The third kappa shape index (κ3) is 21.4. The number of rotatable bonds is 11. The van der Waals surface area contributed by atoms with Gasteiger partial charge >= 0.3 is 9.28 Å². The summed E-state index contributed by atoms with van der Waals surface area (Å²) in [6.45, 7) is 6.53. The minimum Gasteiger partial charge on any atom is -0.400 e. The van der Waals surface area contributed by atoms with E-state index in [9.17, 15) is 0 Å². The van der Waals surface area contributed by atoms with Crippen molar-refractivity contribution in [3.63, 3.8) is 0 Å². The molecule has 2 nitrogen and oxygen atoms in total. The van der Waals surface area contributed by atoms with Crippen molar-refractivity contribution in [2.75, 3.05) is 14.2 Å². The number of unbranched alkanes of at least 4 members (excludes halogenated alkanes) is 9. The van der Waals surface area contributed by atoms with Gasteiger partial charge in [0.1, 0.15) is 0 Å². The molecular formula is C15H36O2Si. The number of hydrogen-bond donors (Lipinski definition) is 0. The van der Waals surface area contributed by atoms with Crippen molar-refractivity contribution in [1.29, 1.82) is 0 Å². The molecule has 0 aliphatic rings. The van der Waals surface area contributed by atoms with Gasteiger partial charge in [-0.2, -0.15) is 0 Å². The molecule has 112 valence electrons. The molecule has 0 saturated carbocycles. The molecule has 0 aliphatic carbocycles. The van der Waals surface area contributed by atoms with Gasteiger partial charge in [-0.3, -0.25) is 0 Å². The Labute approximate surface area is 117 Å². The quantitative estimate of drug-likeness (QED) is 0.388. The van der Waals surface area contributed by atoms with Crippen molar-refractivity contribution in [3.05, 3.63) is 0 Å². The minimum atomic E-state index is -1.16. The molecule has 0 radical (unpaired) electrons. The van der Waals surface area contributed by atoms with Gasteiger partial charge in [-0.1, -0.05) is 78.1 Å². The summed E-state index contributed by atoms with van der Waals surface area (Å²) in [6, 6.07) is 0. The van der Waals surface area contributed by atoms with E-state index in [4.69, 9.17) is 8.85 Å². The van der Waals surface area contributed by atoms with Crippen molar-refractivity contribution < 1.29 is 8.85 Å². The fraction of sp³-hybridized carbons (Fsp3) is 1.00. The third-order valence-electron chi connectivity index (χ3n) is 3.12. The van der Waals surface area contributed by atoms with Crippen LogP contribution < -0.4 is 0 Å². The molecule has 0 saturated heterocycles. The van der Waals surface area contributed by atoms with Gasteiger partial charge in [-0.25, -0.2) is 0 Å². The lowest BCUT2D eigenvalue weighted by molar-refractivity contribution is 0.285. The van der Waals surface area contributed by atoms with Crippen molar-refractivity contribution in [2.45, 2.75) is 84.6 Å². The van der Waals surface area contributed by atoms with Crippen LogP contribution in [0.3, 0.4) is 0 Å². The zero-order valence-electron chi connectivity index (χ0n) is 13.5. The molecule has 18 heavy (non-hydrogen) atoms. The molecule has 0 amide bonds. The molecule has 0 bridgehead atoms. The predicted molar refractivity (Wildman–Crippen MR) is 84.5 cm³/mol. The second-order valence-electron chi connectivity index (χ2n) is 4.87. The molecule has 0 spiro atoms. The average molecular weight is 277 g/mol. The maximum absolute atomic E-state index is 4.82. The molecule has 0 aliphatic heterocycles. The van der Waals surface area contributed by atoms with Crippen molar-refractivity contribution in [2.24, 2.45) is 0 Å². The van der Waals surface area contributed by atoms with Crippen LogP contribution in [0.4, 0.5) is 0 Å². The second kappa shape index (κ2) is 19.5. The van der Waals surface area contributed by atoms with Crippen molar-refractivity contribution in [1.82, 2.24) is 0 Å². The van der Waals surface area contributed by atoms with Crippen molar-refractivity contribution in [3.8, 4) is 0 Å². The van der Waals surface area contributed by atoms with Crippen LogP contribution >= 0.6 is 0 Å². The van der Waals surface area contributed by atoms with Crippen LogP contribution in [0.1, 0.15) is 78.1 Å². The highest BCUT2D eigenvalue weighted by Gasteiger charge is 1.94. The summed E-state index contributed by atoms with van der Waals surface area (Å²) in [5.74, 6) is 0. The molecule has 0 atom stereocenters. The highest BCUT2D eigenvalue weighted by atomic mass is 28.3. The smallest absolute Gasteiger partial charge is 0.317 e. The van der Waals surface area contributed by atoms with Gasteiger partial charge in [0.05, 0.1) is 0 Å². The molecule has 0 heterocycles. The Morgan fingerprint density at radius 2 is 0.889 bits per heavy atom. The molecule has 3 heteroatoms. The summed E-state index contributed by atoms with van der Waals surface area (Å²) in [5.41, 5.74) is 0. The summed E-state index contributed by atoms with van der Waals surface area (Å²) in [4.78, 5) is 0. The van der Waals surface area contributed by atoms with Gasteiger partial charge in [0.25, 0.3) is 0 Å². The van der Waals surface area contributed by atoms with Crippen LogP contribution in [-0.4, -0.2) is 23.5 Å². The Bertz CT molecular complexity index is 118. The summed E-state index contributed by atoms with van der Waals surface area (Å²) in [5, 5.41) is 0.